The van der Waals surface area contributed by atoms with Gasteiger partial charge in [-0.3, -0.25) is 0 Å². The highest BCUT2D eigenvalue weighted by molar-refractivity contribution is 7.00. The molecule has 2 atom stereocenters. The van der Waals surface area contributed by atoms with Gasteiger partial charge in [-0.05, 0) is 153 Å². The zero-order valence-electron chi connectivity index (χ0n) is 35.3. The van der Waals surface area contributed by atoms with Crippen molar-refractivity contribution in [2.45, 2.75) is 122 Å². The molecule has 5 aromatic carbocycles. The molecular formula is C52H54BClN2O. The highest BCUT2D eigenvalue weighted by Crippen LogP contribution is 2.56. The smallest absolute Gasteiger partial charge is 0.252 e. The maximum atomic E-state index is 7.41. The van der Waals surface area contributed by atoms with E-state index in [4.69, 9.17) is 16.3 Å². The molecule has 12 rings (SSSR count). The molecule has 0 amide bonds. The van der Waals surface area contributed by atoms with Crippen molar-refractivity contribution in [2.75, 3.05) is 9.80 Å². The summed E-state index contributed by atoms with van der Waals surface area (Å²) in [6, 6.07) is 30.6. The third-order valence-corrected chi connectivity index (χ3v) is 15.7. The molecule has 0 radical (unpaired) electrons. The molecule has 0 saturated carbocycles. The van der Waals surface area contributed by atoms with E-state index in [1.165, 1.54) is 91.8 Å². The Kier molecular flexibility index (Phi) is 7.15. The summed E-state index contributed by atoms with van der Waals surface area (Å²) < 4.78 is 6.75. The zero-order chi connectivity index (χ0) is 39.7. The molecule has 4 aliphatic heterocycles. The number of para-hydroxylation sites is 1. The van der Waals surface area contributed by atoms with Gasteiger partial charge >= 0.3 is 0 Å². The monoisotopic (exact) mass is 768 g/mol. The number of aryl methyl sites for hydroxylation is 1. The van der Waals surface area contributed by atoms with Crippen molar-refractivity contribution in [1.82, 2.24) is 0 Å². The summed E-state index contributed by atoms with van der Waals surface area (Å²) in [6.07, 6.45) is 7.02. The van der Waals surface area contributed by atoms with Crippen molar-refractivity contribution in [3.05, 3.63) is 129 Å². The number of ether oxygens (including phenoxy) is 1. The molecule has 0 N–H and O–H groups in total. The first-order valence-electron chi connectivity index (χ1n) is 21.4. The Hall–Kier alpha value is -4.41. The van der Waals surface area contributed by atoms with Gasteiger partial charge in [-0.2, -0.15) is 0 Å². The Labute approximate surface area is 345 Å². The van der Waals surface area contributed by atoms with Crippen LogP contribution in [-0.4, -0.2) is 6.71 Å². The van der Waals surface area contributed by atoms with Gasteiger partial charge in [0.2, 0.25) is 0 Å². The molecule has 0 spiro atoms. The predicted molar refractivity (Wildman–Crippen MR) is 241 cm³/mol. The van der Waals surface area contributed by atoms with Gasteiger partial charge in [0.15, 0.2) is 0 Å². The van der Waals surface area contributed by atoms with E-state index in [0.717, 1.165) is 34.3 Å². The lowest BCUT2D eigenvalue weighted by atomic mass is 9.33. The molecule has 5 heteroatoms. The van der Waals surface area contributed by atoms with Crippen LogP contribution in [0.5, 0.6) is 5.75 Å². The molecule has 0 aromatic heterocycles. The largest absolute Gasteiger partial charge is 0.461 e. The molecule has 0 saturated heterocycles. The van der Waals surface area contributed by atoms with Crippen molar-refractivity contribution in [2.24, 2.45) is 5.92 Å². The van der Waals surface area contributed by atoms with Gasteiger partial charge in [0.25, 0.3) is 6.71 Å². The van der Waals surface area contributed by atoms with Gasteiger partial charge in [0, 0.05) is 56.5 Å². The molecule has 5 aromatic rings. The standard InChI is InChI=1S/C52H54BClN2O/c1-29-20-35-37(51(7,8)18-16-49(35,3)4)26-41(29)56-42-23-34-33-24-46(30(33)2)57-47(34)28-40(42)53-39-25-36-38(52(9,10)19-17-50(36,5)6)27-43(39)55(32-14-12-11-13-15-32)44-21-31(54)22-45(56)48(44)53/h11-15,20-28,30,33H,16-19H2,1-10H3/t30-,33?/m1/s1. The van der Waals surface area contributed by atoms with E-state index in [1.54, 1.807) is 0 Å². The van der Waals surface area contributed by atoms with E-state index in [9.17, 15) is 0 Å². The molecule has 288 valence electrons. The average Bonchev–Trinajstić information content (AvgIpc) is 3.17. The van der Waals surface area contributed by atoms with E-state index in [0.29, 0.717) is 11.8 Å². The Morgan fingerprint density at radius 2 is 1.14 bits per heavy atom. The van der Waals surface area contributed by atoms with E-state index >= 15 is 0 Å². The summed E-state index contributed by atoms with van der Waals surface area (Å²) in [5, 5.41) is 0.748. The predicted octanol–water partition coefficient (Wildman–Crippen LogP) is 12.4. The van der Waals surface area contributed by atoms with Gasteiger partial charge in [0.05, 0.1) is 0 Å². The molecule has 7 aliphatic rings. The van der Waals surface area contributed by atoms with Crippen LogP contribution in [0.3, 0.4) is 0 Å². The van der Waals surface area contributed by atoms with Crippen molar-refractivity contribution in [3.63, 3.8) is 0 Å². The van der Waals surface area contributed by atoms with Crippen LogP contribution in [0.25, 0.3) is 0 Å². The first-order chi connectivity index (χ1) is 26.9. The second-order valence-electron chi connectivity index (χ2n) is 20.9. The summed E-state index contributed by atoms with van der Waals surface area (Å²) >= 11 is 7.41. The minimum Gasteiger partial charge on any atom is -0.461 e. The number of halogens is 1. The van der Waals surface area contributed by atoms with Crippen molar-refractivity contribution < 1.29 is 4.74 Å². The van der Waals surface area contributed by atoms with E-state index in [1.807, 2.05) is 0 Å². The van der Waals surface area contributed by atoms with Crippen LogP contribution in [0.1, 0.15) is 127 Å². The van der Waals surface area contributed by atoms with Crippen LogP contribution >= 0.6 is 11.6 Å². The fraction of sp³-hybridized carbons (Fsp3) is 0.385. The van der Waals surface area contributed by atoms with Crippen LogP contribution in [0.4, 0.5) is 34.1 Å². The van der Waals surface area contributed by atoms with Crippen molar-refractivity contribution in [3.8, 4) is 5.75 Å². The number of allylic oxidation sites excluding steroid dienone is 2. The molecule has 0 fully saturated rings. The molecule has 3 aliphatic carbocycles. The summed E-state index contributed by atoms with van der Waals surface area (Å²) in [6.45, 7) is 24.1. The number of hydrogen-bond donors (Lipinski definition) is 0. The van der Waals surface area contributed by atoms with E-state index < -0.39 is 0 Å². The molecule has 1 unspecified atom stereocenters. The summed E-state index contributed by atoms with van der Waals surface area (Å²) in [5.74, 6) is 2.88. The summed E-state index contributed by atoms with van der Waals surface area (Å²) in [5.41, 5.74) is 20.0. The maximum Gasteiger partial charge on any atom is 0.252 e. The zero-order valence-corrected chi connectivity index (χ0v) is 36.1. The van der Waals surface area contributed by atoms with Crippen molar-refractivity contribution in [1.29, 1.82) is 0 Å². The lowest BCUT2D eigenvalue weighted by Gasteiger charge is -2.48. The molecular weight excluding hydrogens is 715 g/mol. The van der Waals surface area contributed by atoms with Gasteiger partial charge in [0.1, 0.15) is 11.5 Å². The molecule has 3 nitrogen and oxygen atoms in total. The number of fused-ring (bicyclic) bond motifs is 6. The molecule has 2 bridgehead atoms. The number of nitrogens with zero attached hydrogens (tertiary/aromatic N) is 2. The Bertz CT molecular complexity index is 2630. The summed E-state index contributed by atoms with van der Waals surface area (Å²) in [4.78, 5) is 5.10. The third kappa shape index (κ3) is 4.86. The van der Waals surface area contributed by atoms with Crippen molar-refractivity contribution >= 4 is 68.8 Å². The highest BCUT2D eigenvalue weighted by Gasteiger charge is 2.49. The summed E-state index contributed by atoms with van der Waals surface area (Å²) in [7, 11) is 0. The van der Waals surface area contributed by atoms with Gasteiger partial charge in [-0.15, -0.1) is 0 Å². The van der Waals surface area contributed by atoms with Crippen LogP contribution in [0.15, 0.2) is 90.7 Å². The fourth-order valence-electron chi connectivity index (χ4n) is 11.6. The minimum absolute atomic E-state index is 0.00789. The number of rotatable bonds is 2. The normalized spacial score (nSPS) is 23.1. The first-order valence-corrected chi connectivity index (χ1v) is 21.7. The Morgan fingerprint density at radius 1 is 0.614 bits per heavy atom. The van der Waals surface area contributed by atoms with Gasteiger partial charge < -0.3 is 14.5 Å². The second-order valence-corrected chi connectivity index (χ2v) is 21.3. The number of benzene rings is 5. The topological polar surface area (TPSA) is 15.7 Å². The first kappa shape index (κ1) is 35.7. The lowest BCUT2D eigenvalue weighted by Crippen LogP contribution is -2.62. The minimum atomic E-state index is -0.00789. The lowest BCUT2D eigenvalue weighted by molar-refractivity contribution is 0.266. The quantitative estimate of drug-likeness (QED) is 0.163. The number of hydrogen-bond acceptors (Lipinski definition) is 3. The molecule has 57 heavy (non-hydrogen) atoms. The SMILES string of the molecule is Cc1cc2c(cc1N1c3cc4c(cc3B3c5cc6c(cc5N(c5ccccc5)c5cc(Cl)cc1c53)C(C)(C)CCC6(C)C)OC1=CC4[C@H]1C)C(C)(C)CCC2(C)C. The second kappa shape index (κ2) is 11.4. The Morgan fingerprint density at radius 3 is 1.75 bits per heavy atom. The average molecular weight is 769 g/mol. The third-order valence-electron chi connectivity index (χ3n) is 15.5. The Balaban J connectivity index is 1.26. The van der Waals surface area contributed by atoms with Crippen LogP contribution < -0.4 is 30.9 Å². The fourth-order valence-corrected chi connectivity index (χ4v) is 11.8. The van der Waals surface area contributed by atoms with Crippen LogP contribution in [-0.2, 0) is 21.7 Å². The van der Waals surface area contributed by atoms with Gasteiger partial charge in [-0.25, -0.2) is 0 Å². The van der Waals surface area contributed by atoms with E-state index in [-0.39, 0.29) is 28.4 Å². The van der Waals surface area contributed by atoms with Crippen LogP contribution in [0, 0.1) is 12.8 Å². The van der Waals surface area contributed by atoms with Gasteiger partial charge in [-0.1, -0.05) is 104 Å². The number of anilines is 6. The van der Waals surface area contributed by atoms with Crippen LogP contribution in [0.2, 0.25) is 5.02 Å². The maximum absolute atomic E-state index is 7.41. The highest BCUT2D eigenvalue weighted by atomic mass is 35.5. The molecule has 4 heterocycles. The van der Waals surface area contributed by atoms with E-state index in [2.05, 4.69) is 164 Å².